The Labute approximate surface area is 174 Å². The van der Waals surface area contributed by atoms with Gasteiger partial charge in [0.1, 0.15) is 17.6 Å². The number of hydrogen-bond donors (Lipinski definition) is 1. The minimum absolute atomic E-state index is 0.00811. The van der Waals surface area contributed by atoms with Crippen LogP contribution in [0.4, 0.5) is 0 Å². The van der Waals surface area contributed by atoms with Gasteiger partial charge in [-0.05, 0) is 37.1 Å². The molecule has 1 aliphatic heterocycles. The third-order valence-corrected chi connectivity index (χ3v) is 4.77. The largest absolute Gasteiger partial charge is 0.385 e. The van der Waals surface area contributed by atoms with Crippen molar-refractivity contribution in [3.05, 3.63) is 71.1 Å². The Morgan fingerprint density at radius 1 is 1.23 bits per heavy atom. The zero-order chi connectivity index (χ0) is 20.9. The molecule has 1 aromatic carbocycles. The second-order valence-electron chi connectivity index (χ2n) is 7.00. The quantitative estimate of drug-likeness (QED) is 0.665. The number of amides is 1. The van der Waals surface area contributed by atoms with E-state index in [1.807, 2.05) is 16.7 Å². The molecular weight excluding hydrogens is 384 g/mol. The average Bonchev–Trinajstić information content (AvgIpc) is 3.42. The summed E-state index contributed by atoms with van der Waals surface area (Å²) in [5.41, 5.74) is 2.10. The fraction of sp³-hybridized carbons (Fsp3) is 0.318. The number of hydrogen-bond acceptors (Lipinski definition) is 6. The second-order valence-corrected chi connectivity index (χ2v) is 7.00. The van der Waals surface area contributed by atoms with Crippen LogP contribution < -0.4 is 0 Å². The number of nitrogens with zero attached hydrogens (tertiary/aromatic N) is 4. The molecule has 8 heteroatoms. The van der Waals surface area contributed by atoms with Crippen LogP contribution in [0.2, 0.25) is 0 Å². The van der Waals surface area contributed by atoms with Gasteiger partial charge in [0, 0.05) is 42.7 Å². The highest BCUT2D eigenvalue weighted by atomic mass is 16.5. The van der Waals surface area contributed by atoms with Gasteiger partial charge in [-0.1, -0.05) is 11.1 Å². The number of rotatable bonds is 4. The molecule has 30 heavy (non-hydrogen) atoms. The van der Waals surface area contributed by atoms with Gasteiger partial charge >= 0.3 is 0 Å². The van der Waals surface area contributed by atoms with Crippen molar-refractivity contribution in [2.45, 2.75) is 19.6 Å². The molecule has 1 aliphatic rings. The molecule has 0 radical (unpaired) electrons. The van der Waals surface area contributed by atoms with E-state index in [9.17, 15) is 9.90 Å². The molecule has 3 heterocycles. The standard InChI is InChI=1S/C22H22N4O4/c1-16(27)21-23-8-9-26(21)15-19-14-20(30-24-19)7-4-17-2-5-18(6-3-17)22(28)25-10-12-29-13-11-25/h2-3,5-6,8-9,14,16,27H,10-13,15H2,1H3/t16-/m0/s1. The molecule has 1 saturated heterocycles. The Balaban J connectivity index is 1.40. The lowest BCUT2D eigenvalue weighted by Gasteiger charge is -2.26. The Kier molecular flexibility index (Phi) is 5.93. The van der Waals surface area contributed by atoms with Crippen LogP contribution in [-0.4, -0.2) is 56.9 Å². The van der Waals surface area contributed by atoms with Crippen molar-refractivity contribution in [2.24, 2.45) is 0 Å². The van der Waals surface area contributed by atoms with E-state index in [0.717, 1.165) is 5.56 Å². The first-order valence-corrected chi connectivity index (χ1v) is 9.74. The summed E-state index contributed by atoms with van der Waals surface area (Å²) in [5, 5.41) is 13.8. The van der Waals surface area contributed by atoms with E-state index < -0.39 is 6.10 Å². The summed E-state index contributed by atoms with van der Waals surface area (Å²) in [5.74, 6) is 6.98. The fourth-order valence-electron chi connectivity index (χ4n) is 3.22. The number of aromatic nitrogens is 3. The smallest absolute Gasteiger partial charge is 0.254 e. The van der Waals surface area contributed by atoms with Gasteiger partial charge in [0.2, 0.25) is 5.76 Å². The molecule has 1 atom stereocenters. The Morgan fingerprint density at radius 3 is 2.73 bits per heavy atom. The Bertz CT molecular complexity index is 1070. The van der Waals surface area contributed by atoms with Crippen LogP contribution in [0.15, 0.2) is 47.2 Å². The topological polar surface area (TPSA) is 93.6 Å². The molecule has 1 fully saturated rings. The molecule has 0 spiro atoms. The molecule has 3 aromatic rings. The fourth-order valence-corrected chi connectivity index (χ4v) is 3.22. The maximum absolute atomic E-state index is 12.5. The van der Waals surface area contributed by atoms with Crippen LogP contribution in [-0.2, 0) is 11.3 Å². The number of benzene rings is 1. The van der Waals surface area contributed by atoms with Gasteiger partial charge in [0.25, 0.3) is 5.91 Å². The van der Waals surface area contributed by atoms with Crippen LogP contribution >= 0.6 is 0 Å². The number of aliphatic hydroxyl groups excluding tert-OH is 1. The molecule has 1 amide bonds. The minimum Gasteiger partial charge on any atom is -0.385 e. The number of carbonyl (C=O) groups excluding carboxylic acids is 1. The minimum atomic E-state index is -0.663. The molecule has 4 rings (SSSR count). The van der Waals surface area contributed by atoms with Crippen LogP contribution in [0.3, 0.4) is 0 Å². The molecule has 0 bridgehead atoms. The molecule has 0 unspecified atom stereocenters. The monoisotopic (exact) mass is 406 g/mol. The predicted octanol–water partition coefficient (Wildman–Crippen LogP) is 1.84. The van der Waals surface area contributed by atoms with Crippen molar-refractivity contribution >= 4 is 5.91 Å². The first-order chi connectivity index (χ1) is 14.6. The summed E-state index contributed by atoms with van der Waals surface area (Å²) in [7, 11) is 0. The summed E-state index contributed by atoms with van der Waals surface area (Å²) >= 11 is 0. The summed E-state index contributed by atoms with van der Waals surface area (Å²) in [6.45, 7) is 4.49. The molecule has 154 valence electrons. The lowest BCUT2D eigenvalue weighted by Crippen LogP contribution is -2.40. The van der Waals surface area contributed by atoms with Crippen LogP contribution in [0.1, 0.15) is 46.2 Å². The van der Waals surface area contributed by atoms with Gasteiger partial charge in [-0.3, -0.25) is 4.79 Å². The van der Waals surface area contributed by atoms with E-state index in [-0.39, 0.29) is 5.91 Å². The Hall–Kier alpha value is -3.41. The third kappa shape index (κ3) is 4.59. The molecule has 8 nitrogen and oxygen atoms in total. The Morgan fingerprint density at radius 2 is 2.00 bits per heavy atom. The van der Waals surface area contributed by atoms with Gasteiger partial charge < -0.3 is 23.8 Å². The number of morpholine rings is 1. The van der Waals surface area contributed by atoms with Crippen molar-refractivity contribution < 1.29 is 19.2 Å². The summed E-state index contributed by atoms with van der Waals surface area (Å²) in [6.07, 6.45) is 2.75. The average molecular weight is 406 g/mol. The van der Waals surface area contributed by atoms with Crippen LogP contribution in [0.25, 0.3) is 0 Å². The van der Waals surface area contributed by atoms with Crippen molar-refractivity contribution in [3.8, 4) is 11.8 Å². The lowest BCUT2D eigenvalue weighted by molar-refractivity contribution is 0.0303. The summed E-state index contributed by atoms with van der Waals surface area (Å²) in [6, 6.07) is 8.96. The highest BCUT2D eigenvalue weighted by Crippen LogP contribution is 2.13. The second kappa shape index (κ2) is 8.95. The maximum atomic E-state index is 12.5. The SMILES string of the molecule is C[C@H](O)c1nccn1Cc1cc(C#Cc2ccc(C(=O)N3CCOCC3)cc2)on1. The van der Waals surface area contributed by atoms with Gasteiger partial charge in [-0.25, -0.2) is 4.98 Å². The van der Waals surface area contributed by atoms with Crippen molar-refractivity contribution in [1.29, 1.82) is 0 Å². The van der Waals surface area contributed by atoms with Crippen molar-refractivity contribution in [2.75, 3.05) is 26.3 Å². The zero-order valence-electron chi connectivity index (χ0n) is 16.6. The normalized spacial score (nSPS) is 14.8. The van der Waals surface area contributed by atoms with Crippen molar-refractivity contribution in [1.82, 2.24) is 19.6 Å². The lowest BCUT2D eigenvalue weighted by atomic mass is 10.1. The number of carbonyl (C=O) groups is 1. The van der Waals surface area contributed by atoms with E-state index in [4.69, 9.17) is 9.26 Å². The molecule has 2 aromatic heterocycles. The van der Waals surface area contributed by atoms with Gasteiger partial charge in [-0.2, -0.15) is 0 Å². The van der Waals surface area contributed by atoms with Gasteiger partial charge in [0.15, 0.2) is 0 Å². The summed E-state index contributed by atoms with van der Waals surface area (Å²) < 4.78 is 12.4. The molecule has 0 saturated carbocycles. The first-order valence-electron chi connectivity index (χ1n) is 9.74. The van der Waals surface area contributed by atoms with Crippen LogP contribution in [0.5, 0.6) is 0 Å². The van der Waals surface area contributed by atoms with E-state index in [1.165, 1.54) is 0 Å². The highest BCUT2D eigenvalue weighted by Gasteiger charge is 2.18. The van der Waals surface area contributed by atoms with Gasteiger partial charge in [-0.15, -0.1) is 0 Å². The number of imidazole rings is 1. The highest BCUT2D eigenvalue weighted by molar-refractivity contribution is 5.94. The maximum Gasteiger partial charge on any atom is 0.254 e. The predicted molar refractivity (Wildman–Crippen MR) is 108 cm³/mol. The number of aliphatic hydroxyl groups is 1. The van der Waals surface area contributed by atoms with E-state index in [2.05, 4.69) is 22.0 Å². The molecule has 1 N–H and O–H groups in total. The van der Waals surface area contributed by atoms with E-state index in [0.29, 0.717) is 55.7 Å². The molecule has 0 aliphatic carbocycles. The third-order valence-electron chi connectivity index (χ3n) is 4.77. The molecular formula is C22H22N4O4. The zero-order valence-corrected chi connectivity index (χ0v) is 16.6. The van der Waals surface area contributed by atoms with E-state index >= 15 is 0 Å². The van der Waals surface area contributed by atoms with Crippen molar-refractivity contribution in [3.63, 3.8) is 0 Å². The van der Waals surface area contributed by atoms with Crippen LogP contribution in [0, 0.1) is 11.8 Å². The number of ether oxygens (including phenoxy) is 1. The first kappa shape index (κ1) is 19.9. The van der Waals surface area contributed by atoms with E-state index in [1.54, 1.807) is 42.4 Å². The van der Waals surface area contributed by atoms with Gasteiger partial charge in [0.05, 0.1) is 19.8 Å². The summed E-state index contributed by atoms with van der Waals surface area (Å²) in [4.78, 5) is 18.4.